The smallest absolute Gasteiger partial charge is 0.321 e. The van der Waals surface area contributed by atoms with E-state index in [-0.39, 0.29) is 12.1 Å². The first kappa shape index (κ1) is 26.2. The summed E-state index contributed by atoms with van der Waals surface area (Å²) >= 11 is 0. The number of ether oxygens (including phenoxy) is 1. The molecule has 2 fully saturated rings. The lowest BCUT2D eigenvalue weighted by Gasteiger charge is -2.34. The first-order chi connectivity index (χ1) is 19.4. The van der Waals surface area contributed by atoms with Crippen molar-refractivity contribution in [2.24, 2.45) is 0 Å². The predicted molar refractivity (Wildman–Crippen MR) is 154 cm³/mol. The highest BCUT2D eigenvalue weighted by Gasteiger charge is 2.27. The number of para-hydroxylation sites is 2. The topological polar surface area (TPSA) is 127 Å². The second-order valence-corrected chi connectivity index (χ2v) is 10.5. The molecule has 3 N–H and O–H groups in total. The Labute approximate surface area is 233 Å². The summed E-state index contributed by atoms with van der Waals surface area (Å²) in [5.74, 6) is 1.57. The summed E-state index contributed by atoms with van der Waals surface area (Å²) in [5.41, 5.74) is 5.35. The Bertz CT molecular complexity index is 1540. The molecule has 40 heavy (non-hydrogen) atoms. The fourth-order valence-corrected chi connectivity index (χ4v) is 5.78. The zero-order valence-electron chi connectivity index (χ0n) is 23.4. The predicted octanol–water partition coefficient (Wildman–Crippen LogP) is 3.20. The molecule has 3 aromatic heterocycles. The fraction of sp³-hybridized carbons (Fsp3) is 0.464. The number of aromatic nitrogens is 6. The molecule has 12 heteroatoms. The largest absolute Gasteiger partial charge is 0.377 e. The molecule has 0 aliphatic carbocycles. The maximum Gasteiger partial charge on any atom is 0.321 e. The fourth-order valence-electron chi connectivity index (χ4n) is 5.78. The van der Waals surface area contributed by atoms with Crippen LogP contribution in [0.3, 0.4) is 0 Å². The van der Waals surface area contributed by atoms with E-state index in [1.165, 1.54) is 0 Å². The van der Waals surface area contributed by atoms with Crippen LogP contribution < -0.4 is 20.9 Å². The number of morpholine rings is 1. The molecule has 1 aromatic carbocycles. The van der Waals surface area contributed by atoms with E-state index < -0.39 is 0 Å². The van der Waals surface area contributed by atoms with Gasteiger partial charge < -0.3 is 20.3 Å². The van der Waals surface area contributed by atoms with Gasteiger partial charge in [0, 0.05) is 30.9 Å². The van der Waals surface area contributed by atoms with E-state index in [0.29, 0.717) is 31.2 Å². The molecule has 4 aromatic rings. The van der Waals surface area contributed by atoms with Crippen molar-refractivity contribution in [1.29, 1.82) is 0 Å². The molecule has 5 heterocycles. The number of imidazole rings is 1. The van der Waals surface area contributed by atoms with Crippen molar-refractivity contribution in [3.8, 4) is 17.2 Å². The van der Waals surface area contributed by atoms with Crippen LogP contribution in [0.4, 0.5) is 16.6 Å². The van der Waals surface area contributed by atoms with Crippen LogP contribution in [0.1, 0.15) is 37.2 Å². The number of carbonyl (C=O) groups excluding carboxylic acids is 1. The molecule has 0 unspecified atom stereocenters. The Balaban J connectivity index is 1.55. The number of fused-ring (bicyclic) bond motifs is 1. The maximum absolute atomic E-state index is 12.4. The number of hydrogen-bond acceptors (Lipinski definition) is 8. The maximum atomic E-state index is 12.4. The molecule has 2 saturated heterocycles. The van der Waals surface area contributed by atoms with Crippen LogP contribution in [0.2, 0.25) is 0 Å². The molecule has 0 radical (unpaired) electrons. The number of nitrogens with one attached hydrogen (secondary N) is 3. The molecule has 0 saturated carbocycles. The molecule has 0 spiro atoms. The molecule has 6 rings (SSSR count). The Morgan fingerprint density at radius 2 is 1.93 bits per heavy atom. The van der Waals surface area contributed by atoms with E-state index in [1.807, 2.05) is 35.8 Å². The van der Waals surface area contributed by atoms with Gasteiger partial charge in [-0.3, -0.25) is 10.00 Å². The number of nitrogens with zero attached hydrogens (tertiary/aromatic N) is 7. The Kier molecular flexibility index (Phi) is 7.11. The van der Waals surface area contributed by atoms with Crippen molar-refractivity contribution >= 4 is 28.8 Å². The quantitative estimate of drug-likeness (QED) is 0.350. The van der Waals surface area contributed by atoms with Gasteiger partial charge in [0.05, 0.1) is 47.7 Å². The number of anilines is 2. The first-order valence-corrected chi connectivity index (χ1v) is 13.9. The normalized spacial score (nSPS) is 18.3. The summed E-state index contributed by atoms with van der Waals surface area (Å²) in [5, 5.41) is 13.9. The van der Waals surface area contributed by atoms with Gasteiger partial charge in [0.1, 0.15) is 5.82 Å². The molecular formula is C28H36N10O2. The molecule has 0 bridgehead atoms. The zero-order chi connectivity index (χ0) is 27.8. The lowest BCUT2D eigenvalue weighted by atomic mass is 10.1. The van der Waals surface area contributed by atoms with E-state index >= 15 is 0 Å². The second kappa shape index (κ2) is 10.9. The standard InChI is InChI=1S/C28H36N10O2/c1-17-16-40-14-13-36(17)24-15-22(25-18(2)35-38(19(25)3)20-9-11-30-12-10-20)32-26(33-24)37-23-8-6-5-7-21(23)31-27(37)34-28(39)29-4/h5-8,15,17,20,30H,9-14,16H2,1-4H3,(H2,29,31,34,39)/t17-/m1/s1. The van der Waals surface area contributed by atoms with Crippen LogP contribution in [0.5, 0.6) is 0 Å². The van der Waals surface area contributed by atoms with Crippen molar-refractivity contribution in [2.45, 2.75) is 45.7 Å². The third kappa shape index (κ3) is 4.77. The summed E-state index contributed by atoms with van der Waals surface area (Å²) in [7, 11) is 1.57. The monoisotopic (exact) mass is 544 g/mol. The summed E-state index contributed by atoms with van der Waals surface area (Å²) in [4.78, 5) is 29.5. The summed E-state index contributed by atoms with van der Waals surface area (Å²) in [6.07, 6.45) is 2.09. The molecular weight excluding hydrogens is 508 g/mol. The average molecular weight is 545 g/mol. The van der Waals surface area contributed by atoms with E-state index in [9.17, 15) is 4.79 Å². The Morgan fingerprint density at radius 1 is 1.12 bits per heavy atom. The van der Waals surface area contributed by atoms with Crippen LogP contribution in [0.15, 0.2) is 30.3 Å². The van der Waals surface area contributed by atoms with Crippen molar-refractivity contribution in [2.75, 3.05) is 50.1 Å². The highest BCUT2D eigenvalue weighted by molar-refractivity contribution is 5.91. The third-order valence-electron chi connectivity index (χ3n) is 7.81. The van der Waals surface area contributed by atoms with E-state index in [1.54, 1.807) is 7.05 Å². The van der Waals surface area contributed by atoms with Gasteiger partial charge in [-0.1, -0.05) is 12.1 Å². The summed E-state index contributed by atoms with van der Waals surface area (Å²) < 4.78 is 9.71. The van der Waals surface area contributed by atoms with E-state index in [4.69, 9.17) is 24.8 Å². The van der Waals surface area contributed by atoms with Crippen molar-refractivity contribution in [3.63, 3.8) is 0 Å². The van der Waals surface area contributed by atoms with E-state index in [0.717, 1.165) is 72.0 Å². The van der Waals surface area contributed by atoms with Gasteiger partial charge in [0.2, 0.25) is 11.9 Å². The molecule has 2 amide bonds. The highest BCUT2D eigenvalue weighted by Crippen LogP contribution is 2.34. The van der Waals surface area contributed by atoms with Crippen LogP contribution in [0.25, 0.3) is 28.2 Å². The molecule has 2 aliphatic rings. The van der Waals surface area contributed by atoms with Crippen molar-refractivity contribution in [3.05, 3.63) is 41.7 Å². The van der Waals surface area contributed by atoms with Crippen LogP contribution in [0, 0.1) is 13.8 Å². The van der Waals surface area contributed by atoms with Gasteiger partial charge in [0.15, 0.2) is 0 Å². The summed E-state index contributed by atoms with van der Waals surface area (Å²) in [6.45, 7) is 10.3. The molecule has 210 valence electrons. The van der Waals surface area contributed by atoms with Gasteiger partial charge in [0.25, 0.3) is 0 Å². The lowest BCUT2D eigenvalue weighted by Crippen LogP contribution is -2.44. The number of urea groups is 1. The van der Waals surface area contributed by atoms with Crippen molar-refractivity contribution in [1.82, 2.24) is 39.9 Å². The minimum absolute atomic E-state index is 0.145. The average Bonchev–Trinajstić information content (AvgIpc) is 3.49. The van der Waals surface area contributed by atoms with Gasteiger partial charge >= 0.3 is 6.03 Å². The van der Waals surface area contributed by atoms with Crippen LogP contribution >= 0.6 is 0 Å². The van der Waals surface area contributed by atoms with Gasteiger partial charge in [-0.2, -0.15) is 10.1 Å². The highest BCUT2D eigenvalue weighted by atomic mass is 16.5. The van der Waals surface area contributed by atoms with Gasteiger partial charge in [-0.25, -0.2) is 19.3 Å². The lowest BCUT2D eigenvalue weighted by molar-refractivity contribution is 0.0985. The number of piperidine rings is 1. The number of hydrogen-bond donors (Lipinski definition) is 3. The minimum Gasteiger partial charge on any atom is -0.377 e. The molecule has 1 atom stereocenters. The number of amides is 2. The number of aryl methyl sites for hydroxylation is 1. The third-order valence-corrected chi connectivity index (χ3v) is 7.81. The van der Waals surface area contributed by atoms with Crippen molar-refractivity contribution < 1.29 is 9.53 Å². The van der Waals surface area contributed by atoms with Gasteiger partial charge in [-0.15, -0.1) is 0 Å². The second-order valence-electron chi connectivity index (χ2n) is 10.5. The molecule has 2 aliphatic heterocycles. The Hall–Kier alpha value is -4.03. The van der Waals surface area contributed by atoms with Gasteiger partial charge in [-0.05, 0) is 58.8 Å². The Morgan fingerprint density at radius 3 is 2.70 bits per heavy atom. The minimum atomic E-state index is -0.371. The number of rotatable bonds is 5. The van der Waals surface area contributed by atoms with E-state index in [2.05, 4.69) is 45.4 Å². The molecule has 12 nitrogen and oxygen atoms in total. The first-order valence-electron chi connectivity index (χ1n) is 13.9. The summed E-state index contributed by atoms with van der Waals surface area (Å²) in [6, 6.07) is 9.91. The zero-order valence-corrected chi connectivity index (χ0v) is 23.4. The van der Waals surface area contributed by atoms with Crippen LogP contribution in [-0.2, 0) is 4.74 Å². The number of benzene rings is 1. The number of carbonyl (C=O) groups is 1. The van der Waals surface area contributed by atoms with Crippen LogP contribution in [-0.4, -0.2) is 81.3 Å². The SMILES string of the molecule is CNC(=O)Nc1nc2ccccc2n1-c1nc(-c2c(C)nn(C3CCNCC3)c2C)cc(N2CCOC[C@H]2C)n1.